The first-order valence-corrected chi connectivity index (χ1v) is 10.6. The van der Waals surface area contributed by atoms with Gasteiger partial charge in [-0.3, -0.25) is 0 Å². The Hall–Kier alpha value is -2.03. The molecule has 0 spiro atoms. The third kappa shape index (κ3) is 4.94. The van der Waals surface area contributed by atoms with Crippen molar-refractivity contribution >= 4 is 16.9 Å². The van der Waals surface area contributed by atoms with Crippen LogP contribution >= 0.6 is 0 Å². The summed E-state index contributed by atoms with van der Waals surface area (Å²) in [7, 11) is 1.69. The summed E-state index contributed by atoms with van der Waals surface area (Å²) in [6.07, 6.45) is 9.15. The van der Waals surface area contributed by atoms with Gasteiger partial charge in [0.25, 0.3) is 0 Å². The third-order valence-corrected chi connectivity index (χ3v) is 5.54. The van der Waals surface area contributed by atoms with Crippen LogP contribution in [0.15, 0.2) is 12.4 Å². The minimum Gasteiger partial charge on any atom is -0.474 e. The summed E-state index contributed by atoms with van der Waals surface area (Å²) < 4.78 is 16.9. The molecule has 158 valence electrons. The van der Waals surface area contributed by atoms with Gasteiger partial charge in [0.1, 0.15) is 6.10 Å². The van der Waals surface area contributed by atoms with Crippen molar-refractivity contribution in [3.05, 3.63) is 18.0 Å². The zero-order valence-corrected chi connectivity index (χ0v) is 17.3. The summed E-state index contributed by atoms with van der Waals surface area (Å²) in [4.78, 5) is 14.1. The van der Waals surface area contributed by atoms with Gasteiger partial charge in [0, 0.05) is 50.0 Å². The van der Waals surface area contributed by atoms with Crippen LogP contribution in [0.3, 0.4) is 0 Å². The number of pyridine rings is 1. The zero-order chi connectivity index (χ0) is 20.1. The van der Waals surface area contributed by atoms with Gasteiger partial charge in [-0.2, -0.15) is 0 Å². The quantitative estimate of drug-likeness (QED) is 0.732. The molecule has 2 aromatic heterocycles. The number of hydrogen-bond acceptors (Lipinski definition) is 8. The molecule has 8 heteroatoms. The van der Waals surface area contributed by atoms with Crippen LogP contribution in [0.4, 0.5) is 5.95 Å². The van der Waals surface area contributed by atoms with Crippen LogP contribution in [0.1, 0.15) is 50.6 Å². The Morgan fingerprint density at radius 1 is 1.21 bits per heavy atom. The van der Waals surface area contributed by atoms with Gasteiger partial charge in [-0.15, -0.1) is 0 Å². The normalized spacial score (nSPS) is 21.8. The second kappa shape index (κ2) is 9.65. The Balaban J connectivity index is 1.67. The molecular weight excluding hydrogens is 370 g/mol. The Kier molecular flexibility index (Phi) is 6.74. The summed E-state index contributed by atoms with van der Waals surface area (Å²) in [5.41, 5.74) is 2.02. The van der Waals surface area contributed by atoms with E-state index in [9.17, 15) is 0 Å². The summed E-state index contributed by atoms with van der Waals surface area (Å²) >= 11 is 0. The highest BCUT2D eigenvalue weighted by atomic mass is 16.5. The van der Waals surface area contributed by atoms with E-state index in [0.29, 0.717) is 18.4 Å². The highest BCUT2D eigenvalue weighted by Crippen LogP contribution is 2.33. The van der Waals surface area contributed by atoms with E-state index in [-0.39, 0.29) is 18.2 Å². The van der Waals surface area contributed by atoms with Gasteiger partial charge in [-0.1, -0.05) is 6.42 Å². The summed E-state index contributed by atoms with van der Waals surface area (Å²) in [5.74, 6) is 1.21. The minimum atomic E-state index is 0.119. The van der Waals surface area contributed by atoms with Crippen molar-refractivity contribution in [2.45, 2.75) is 57.2 Å². The second-order valence-electron chi connectivity index (χ2n) is 7.91. The fourth-order valence-electron chi connectivity index (χ4n) is 4.02. The number of piperidine rings is 1. The molecule has 2 N–H and O–H groups in total. The molecule has 2 saturated heterocycles. The monoisotopic (exact) mass is 401 g/mol. The first-order valence-electron chi connectivity index (χ1n) is 10.6. The maximum atomic E-state index is 6.24. The van der Waals surface area contributed by atoms with Crippen molar-refractivity contribution in [1.29, 1.82) is 0 Å². The first kappa shape index (κ1) is 20.3. The molecule has 2 atom stereocenters. The van der Waals surface area contributed by atoms with Crippen molar-refractivity contribution < 1.29 is 14.2 Å². The molecule has 0 amide bonds. The molecular formula is C21H31N5O3. The maximum absolute atomic E-state index is 6.24. The molecule has 2 aliphatic heterocycles. The van der Waals surface area contributed by atoms with E-state index >= 15 is 0 Å². The van der Waals surface area contributed by atoms with E-state index in [1.54, 1.807) is 7.11 Å². The van der Waals surface area contributed by atoms with Crippen molar-refractivity contribution in [2.75, 3.05) is 38.8 Å². The number of aromatic nitrogens is 3. The van der Waals surface area contributed by atoms with Crippen LogP contribution in [0.5, 0.6) is 5.88 Å². The lowest BCUT2D eigenvalue weighted by molar-refractivity contribution is 0.0244. The Morgan fingerprint density at radius 3 is 2.83 bits per heavy atom. The fourth-order valence-corrected chi connectivity index (χ4v) is 4.02. The van der Waals surface area contributed by atoms with Gasteiger partial charge in [-0.25, -0.2) is 15.0 Å². The minimum absolute atomic E-state index is 0.119. The number of ether oxygens (including phenoxy) is 3. The number of methoxy groups -OCH3 is 1. The second-order valence-corrected chi connectivity index (χ2v) is 7.91. The molecule has 0 aliphatic carbocycles. The molecule has 0 radical (unpaired) electrons. The third-order valence-electron chi connectivity index (χ3n) is 5.54. The van der Waals surface area contributed by atoms with Crippen molar-refractivity contribution in [3.8, 4) is 5.88 Å². The standard InChI is InChI=1S/C21H31N5O3/c1-14(13-27-2)25-21-24-12-17-19(26-21)16(18-5-3-4-8-22-18)11-23-20(17)29-15-6-9-28-10-7-15/h11-12,14-15,18,22H,3-10,13H2,1-2H3,(H,24,25,26)/t14-,18?/m0/s1. The maximum Gasteiger partial charge on any atom is 0.224 e. The lowest BCUT2D eigenvalue weighted by atomic mass is 9.97. The predicted octanol–water partition coefficient (Wildman–Crippen LogP) is 2.84. The van der Waals surface area contributed by atoms with E-state index in [1.807, 2.05) is 19.3 Å². The van der Waals surface area contributed by atoms with Crippen LogP contribution in [-0.2, 0) is 9.47 Å². The molecule has 2 fully saturated rings. The van der Waals surface area contributed by atoms with Gasteiger partial charge >= 0.3 is 0 Å². The number of nitrogens with one attached hydrogen (secondary N) is 2. The highest BCUT2D eigenvalue weighted by molar-refractivity contribution is 5.86. The Bertz CT molecular complexity index is 806. The first-order chi connectivity index (χ1) is 14.2. The van der Waals surface area contributed by atoms with E-state index in [0.717, 1.165) is 55.5 Å². The van der Waals surface area contributed by atoms with E-state index < -0.39 is 0 Å². The van der Waals surface area contributed by atoms with E-state index in [4.69, 9.17) is 19.2 Å². The van der Waals surface area contributed by atoms with Crippen LogP contribution in [0.25, 0.3) is 10.9 Å². The van der Waals surface area contributed by atoms with Gasteiger partial charge in [0.2, 0.25) is 11.8 Å². The molecule has 1 unspecified atom stereocenters. The lowest BCUT2D eigenvalue weighted by Gasteiger charge is -2.26. The van der Waals surface area contributed by atoms with Crippen LogP contribution in [-0.4, -0.2) is 60.6 Å². The van der Waals surface area contributed by atoms with Gasteiger partial charge in [-0.05, 0) is 26.3 Å². The van der Waals surface area contributed by atoms with Gasteiger partial charge < -0.3 is 24.8 Å². The molecule has 0 aromatic carbocycles. The predicted molar refractivity (Wildman–Crippen MR) is 111 cm³/mol. The van der Waals surface area contributed by atoms with E-state index in [1.165, 1.54) is 12.8 Å². The molecule has 2 aromatic rings. The van der Waals surface area contributed by atoms with Crippen LogP contribution in [0, 0.1) is 0 Å². The summed E-state index contributed by atoms with van der Waals surface area (Å²) in [6, 6.07) is 0.378. The average molecular weight is 402 g/mol. The largest absolute Gasteiger partial charge is 0.474 e. The molecule has 0 saturated carbocycles. The zero-order valence-electron chi connectivity index (χ0n) is 17.3. The summed E-state index contributed by atoms with van der Waals surface area (Å²) in [5, 5.41) is 7.80. The van der Waals surface area contributed by atoms with Gasteiger partial charge in [0.05, 0.1) is 30.7 Å². The lowest BCUT2D eigenvalue weighted by Crippen LogP contribution is -2.28. The summed E-state index contributed by atoms with van der Waals surface area (Å²) in [6.45, 7) is 5.12. The van der Waals surface area contributed by atoms with Crippen LogP contribution in [0.2, 0.25) is 0 Å². The molecule has 2 aliphatic rings. The van der Waals surface area contributed by atoms with E-state index in [2.05, 4.69) is 20.6 Å². The van der Waals surface area contributed by atoms with Crippen molar-refractivity contribution in [1.82, 2.24) is 20.3 Å². The topological polar surface area (TPSA) is 90.4 Å². The smallest absolute Gasteiger partial charge is 0.224 e. The number of hydrogen-bond donors (Lipinski definition) is 2. The molecule has 0 bridgehead atoms. The van der Waals surface area contributed by atoms with Crippen molar-refractivity contribution in [3.63, 3.8) is 0 Å². The number of nitrogens with zero attached hydrogens (tertiary/aromatic N) is 3. The molecule has 4 rings (SSSR count). The number of rotatable bonds is 7. The Morgan fingerprint density at radius 2 is 2.07 bits per heavy atom. The Labute approximate surface area is 171 Å². The van der Waals surface area contributed by atoms with Crippen LogP contribution < -0.4 is 15.4 Å². The van der Waals surface area contributed by atoms with Crippen molar-refractivity contribution in [2.24, 2.45) is 0 Å². The average Bonchev–Trinajstić information content (AvgIpc) is 2.75. The molecule has 29 heavy (non-hydrogen) atoms. The molecule has 8 nitrogen and oxygen atoms in total. The number of anilines is 1. The van der Waals surface area contributed by atoms with Gasteiger partial charge in [0.15, 0.2) is 0 Å². The number of fused-ring (bicyclic) bond motifs is 1. The fraction of sp³-hybridized carbons (Fsp3) is 0.667. The molecule has 4 heterocycles. The highest BCUT2D eigenvalue weighted by Gasteiger charge is 2.23. The SMILES string of the molecule is COC[C@H](C)Nc1ncc2c(OC3CCOCC3)ncc(C3CCCCN3)c2n1.